The van der Waals surface area contributed by atoms with Crippen LogP contribution in [0.15, 0.2) is 45.6 Å². The maximum absolute atomic E-state index is 14.0. The summed E-state index contributed by atoms with van der Waals surface area (Å²) < 4.78 is 24.1. The second kappa shape index (κ2) is 7.34. The number of carbonyl (C=O) groups excluding carboxylic acids is 1. The largest absolute Gasteiger partial charge is 0.466 e. The van der Waals surface area contributed by atoms with Gasteiger partial charge < -0.3 is 9.15 Å². The smallest absolute Gasteiger partial charge is 0.416 e. The first-order chi connectivity index (χ1) is 12.1. The number of aromatic amines is 1. The number of aromatic nitrogens is 1. The first kappa shape index (κ1) is 17.0. The lowest BCUT2D eigenvalue weighted by Gasteiger charge is -2.07. The van der Waals surface area contributed by atoms with Crippen LogP contribution in [0, 0.1) is 5.82 Å². The van der Waals surface area contributed by atoms with Gasteiger partial charge in [-0.1, -0.05) is 24.3 Å². The van der Waals surface area contributed by atoms with E-state index in [0.717, 1.165) is 0 Å². The van der Waals surface area contributed by atoms with Gasteiger partial charge in [-0.3, -0.25) is 9.78 Å². The highest BCUT2D eigenvalue weighted by atomic mass is 19.1. The molecule has 0 amide bonds. The predicted molar refractivity (Wildman–Crippen MR) is 91.8 cm³/mol. The number of ether oxygens (including phenoxy) is 1. The normalized spacial score (nSPS) is 11.0. The van der Waals surface area contributed by atoms with E-state index in [1.54, 1.807) is 31.2 Å². The van der Waals surface area contributed by atoms with E-state index in [9.17, 15) is 14.0 Å². The van der Waals surface area contributed by atoms with Crippen LogP contribution in [0.4, 0.5) is 4.39 Å². The molecule has 0 saturated carbocycles. The van der Waals surface area contributed by atoms with Crippen LogP contribution >= 0.6 is 0 Å². The molecule has 0 aliphatic carbocycles. The molecule has 3 rings (SSSR count). The summed E-state index contributed by atoms with van der Waals surface area (Å²) in [5.41, 5.74) is 1.21. The standard InChI is InChI=1S/C19H18FNO4/c1-2-24-17(22)9-5-8-16-18(21-19(23)25-16)14-10-11-15(20)13-7-4-3-6-12(13)14/h3-4,6-7,10-11H,2,5,8-9H2,1H3,(H,21,23). The van der Waals surface area contributed by atoms with Gasteiger partial charge in [0.25, 0.3) is 0 Å². The van der Waals surface area contributed by atoms with E-state index in [1.165, 1.54) is 6.07 Å². The molecule has 0 atom stereocenters. The molecule has 2 aromatic carbocycles. The fraction of sp³-hybridized carbons (Fsp3) is 0.263. The quantitative estimate of drug-likeness (QED) is 0.691. The summed E-state index contributed by atoms with van der Waals surface area (Å²) in [6.07, 6.45) is 1.14. The summed E-state index contributed by atoms with van der Waals surface area (Å²) in [7, 11) is 0. The van der Waals surface area contributed by atoms with Crippen molar-refractivity contribution in [2.75, 3.05) is 6.61 Å². The van der Waals surface area contributed by atoms with Crippen molar-refractivity contribution in [3.8, 4) is 11.3 Å². The Kier molecular flexibility index (Phi) is 4.97. The maximum atomic E-state index is 14.0. The molecule has 0 bridgehead atoms. The number of nitrogens with one attached hydrogen (secondary N) is 1. The molecule has 1 heterocycles. The van der Waals surface area contributed by atoms with Crippen molar-refractivity contribution in [2.45, 2.75) is 26.2 Å². The number of carbonyl (C=O) groups is 1. The van der Waals surface area contributed by atoms with Gasteiger partial charge in [-0.25, -0.2) is 9.18 Å². The molecular weight excluding hydrogens is 325 g/mol. The molecule has 0 saturated heterocycles. The Morgan fingerprint density at radius 3 is 2.72 bits per heavy atom. The van der Waals surface area contributed by atoms with Crippen molar-refractivity contribution < 1.29 is 18.3 Å². The van der Waals surface area contributed by atoms with Crippen molar-refractivity contribution in [3.05, 3.63) is 58.5 Å². The predicted octanol–water partition coefficient (Wildman–Crippen LogP) is 3.81. The van der Waals surface area contributed by atoms with E-state index >= 15 is 0 Å². The number of esters is 1. The molecule has 0 fully saturated rings. The topological polar surface area (TPSA) is 72.3 Å². The number of H-pyrrole nitrogens is 1. The Morgan fingerprint density at radius 2 is 1.96 bits per heavy atom. The van der Waals surface area contributed by atoms with Crippen LogP contribution in [0.5, 0.6) is 0 Å². The fourth-order valence-corrected chi connectivity index (χ4v) is 2.86. The summed E-state index contributed by atoms with van der Waals surface area (Å²) in [6.45, 7) is 2.09. The molecule has 6 heteroatoms. The van der Waals surface area contributed by atoms with Crippen molar-refractivity contribution in [2.24, 2.45) is 0 Å². The highest BCUT2D eigenvalue weighted by Crippen LogP contribution is 2.31. The minimum Gasteiger partial charge on any atom is -0.466 e. The number of halogens is 1. The number of oxazole rings is 1. The molecule has 25 heavy (non-hydrogen) atoms. The lowest BCUT2D eigenvalue weighted by Crippen LogP contribution is -2.04. The van der Waals surface area contributed by atoms with Crippen LogP contribution in [-0.2, 0) is 16.0 Å². The van der Waals surface area contributed by atoms with Crippen LogP contribution in [0.1, 0.15) is 25.5 Å². The van der Waals surface area contributed by atoms with Crippen LogP contribution in [0.2, 0.25) is 0 Å². The number of hydrogen-bond donors (Lipinski definition) is 1. The summed E-state index contributed by atoms with van der Waals surface area (Å²) in [5.74, 6) is -0.733. The zero-order valence-corrected chi connectivity index (χ0v) is 13.8. The van der Waals surface area contributed by atoms with Gasteiger partial charge in [-0.15, -0.1) is 0 Å². The van der Waals surface area contributed by atoms with E-state index in [-0.39, 0.29) is 18.2 Å². The van der Waals surface area contributed by atoms with E-state index < -0.39 is 5.76 Å². The highest BCUT2D eigenvalue weighted by Gasteiger charge is 2.16. The van der Waals surface area contributed by atoms with Gasteiger partial charge in [0.05, 0.1) is 12.3 Å². The average Bonchev–Trinajstić information content (AvgIpc) is 2.96. The zero-order valence-electron chi connectivity index (χ0n) is 13.8. The van der Waals surface area contributed by atoms with Crippen molar-refractivity contribution >= 4 is 16.7 Å². The van der Waals surface area contributed by atoms with Crippen LogP contribution in [0.25, 0.3) is 22.0 Å². The molecule has 5 nitrogen and oxygen atoms in total. The minimum atomic E-state index is -0.574. The molecule has 0 aliphatic heterocycles. The second-order valence-electron chi connectivity index (χ2n) is 5.61. The van der Waals surface area contributed by atoms with Gasteiger partial charge >= 0.3 is 11.7 Å². The molecule has 0 unspecified atom stereocenters. The van der Waals surface area contributed by atoms with Gasteiger partial charge in [-0.2, -0.15) is 0 Å². The summed E-state index contributed by atoms with van der Waals surface area (Å²) in [5, 5.41) is 1.16. The molecule has 3 aromatic rings. The highest BCUT2D eigenvalue weighted by molar-refractivity contribution is 5.96. The van der Waals surface area contributed by atoms with Crippen LogP contribution in [-0.4, -0.2) is 17.6 Å². The summed E-state index contributed by atoms with van der Waals surface area (Å²) in [6, 6.07) is 10.0. The molecule has 0 radical (unpaired) electrons. The zero-order chi connectivity index (χ0) is 17.8. The summed E-state index contributed by atoms with van der Waals surface area (Å²) >= 11 is 0. The molecule has 1 N–H and O–H groups in total. The van der Waals surface area contributed by atoms with Crippen LogP contribution < -0.4 is 5.76 Å². The van der Waals surface area contributed by atoms with Crippen molar-refractivity contribution in [3.63, 3.8) is 0 Å². The molecule has 0 aliphatic rings. The Labute approximate surface area is 143 Å². The van der Waals surface area contributed by atoms with E-state index in [4.69, 9.17) is 9.15 Å². The van der Waals surface area contributed by atoms with Gasteiger partial charge in [-0.05, 0) is 30.9 Å². The van der Waals surface area contributed by atoms with E-state index in [2.05, 4.69) is 4.98 Å². The average molecular weight is 343 g/mol. The Morgan fingerprint density at radius 1 is 1.20 bits per heavy atom. The van der Waals surface area contributed by atoms with Crippen molar-refractivity contribution in [1.82, 2.24) is 4.98 Å². The van der Waals surface area contributed by atoms with E-state index in [1.807, 2.05) is 6.07 Å². The second-order valence-corrected chi connectivity index (χ2v) is 5.61. The Bertz CT molecular complexity index is 957. The lowest BCUT2D eigenvalue weighted by molar-refractivity contribution is -0.143. The number of benzene rings is 2. The Balaban J connectivity index is 1.93. The third kappa shape index (κ3) is 3.63. The van der Waals surface area contributed by atoms with Gasteiger partial charge in [0.1, 0.15) is 11.6 Å². The first-order valence-corrected chi connectivity index (χ1v) is 8.15. The Hall–Kier alpha value is -2.89. The summed E-state index contributed by atoms with van der Waals surface area (Å²) in [4.78, 5) is 25.8. The number of rotatable bonds is 6. The molecular formula is C19H18FNO4. The SMILES string of the molecule is CCOC(=O)CCCc1oc(=O)[nH]c1-c1ccc(F)c2ccccc12. The monoisotopic (exact) mass is 343 g/mol. The third-order valence-corrected chi connectivity index (χ3v) is 3.95. The van der Waals surface area contributed by atoms with Crippen LogP contribution in [0.3, 0.4) is 0 Å². The first-order valence-electron chi connectivity index (χ1n) is 8.15. The fourth-order valence-electron chi connectivity index (χ4n) is 2.86. The van der Waals surface area contributed by atoms with Gasteiger partial charge in [0.15, 0.2) is 0 Å². The number of aryl methyl sites for hydroxylation is 1. The molecule has 1 aromatic heterocycles. The minimum absolute atomic E-state index is 0.242. The molecule has 130 valence electrons. The third-order valence-electron chi connectivity index (χ3n) is 3.95. The number of hydrogen-bond acceptors (Lipinski definition) is 4. The number of fused-ring (bicyclic) bond motifs is 1. The maximum Gasteiger partial charge on any atom is 0.416 e. The van der Waals surface area contributed by atoms with Gasteiger partial charge in [0.2, 0.25) is 0 Å². The lowest BCUT2D eigenvalue weighted by atomic mass is 9.99. The van der Waals surface area contributed by atoms with Gasteiger partial charge in [0, 0.05) is 23.8 Å². The van der Waals surface area contributed by atoms with Crippen molar-refractivity contribution in [1.29, 1.82) is 0 Å². The molecule has 0 spiro atoms. The van der Waals surface area contributed by atoms with E-state index in [0.29, 0.717) is 47.2 Å².